The first-order valence-corrected chi connectivity index (χ1v) is 6.87. The fourth-order valence-electron chi connectivity index (χ4n) is 1.46. The molecule has 0 aliphatic heterocycles. The van der Waals surface area contributed by atoms with Crippen LogP contribution in [0.1, 0.15) is 20.0 Å². The Labute approximate surface area is 128 Å². The van der Waals surface area contributed by atoms with Gasteiger partial charge in [-0.25, -0.2) is 4.79 Å². The highest BCUT2D eigenvalue weighted by Gasteiger charge is 2.17. The molecule has 0 aliphatic rings. The molecule has 0 saturated carbocycles. The molecule has 1 aromatic carbocycles. The molecule has 0 spiro atoms. The Kier molecular flexibility index (Phi) is 4.66. The Balaban J connectivity index is 1.95. The summed E-state index contributed by atoms with van der Waals surface area (Å²) in [4.78, 5) is 33.4. The second-order valence-corrected chi connectivity index (χ2v) is 5.40. The van der Waals surface area contributed by atoms with Gasteiger partial charge in [0.05, 0.1) is 4.92 Å². The lowest BCUT2D eigenvalue weighted by Gasteiger charge is -2.02. The quantitative estimate of drug-likeness (QED) is 0.364. The largest absolute Gasteiger partial charge is 0.453 e. The van der Waals surface area contributed by atoms with Gasteiger partial charge in [0.1, 0.15) is 4.88 Å². The Morgan fingerprint density at radius 2 is 1.86 bits per heavy atom. The molecule has 108 valence electrons. The Morgan fingerprint density at radius 1 is 1.19 bits per heavy atom. The molecule has 0 bridgehead atoms. The van der Waals surface area contributed by atoms with Crippen LogP contribution in [0.5, 0.6) is 0 Å². The van der Waals surface area contributed by atoms with E-state index in [4.69, 9.17) is 16.3 Å². The number of nitrogens with zero attached hydrogens (tertiary/aromatic N) is 1. The molecule has 0 radical (unpaired) electrons. The van der Waals surface area contributed by atoms with Crippen molar-refractivity contribution in [2.24, 2.45) is 0 Å². The summed E-state index contributed by atoms with van der Waals surface area (Å²) in [5.41, 5.74) is 0.365. The molecular weight excluding hydrogens is 318 g/mol. The highest BCUT2D eigenvalue weighted by Crippen LogP contribution is 2.24. The molecule has 1 heterocycles. The number of benzene rings is 1. The molecule has 1 aromatic heterocycles. The summed E-state index contributed by atoms with van der Waals surface area (Å²) < 4.78 is 4.83. The van der Waals surface area contributed by atoms with Crippen molar-refractivity contribution in [2.45, 2.75) is 0 Å². The molecule has 0 aliphatic carbocycles. The predicted molar refractivity (Wildman–Crippen MR) is 77.0 cm³/mol. The van der Waals surface area contributed by atoms with Crippen molar-refractivity contribution in [3.8, 4) is 0 Å². The fraction of sp³-hybridized carbons (Fsp3) is 0.0769. The maximum absolute atomic E-state index is 11.8. The van der Waals surface area contributed by atoms with E-state index in [1.807, 2.05) is 0 Å². The van der Waals surface area contributed by atoms with E-state index in [2.05, 4.69) is 0 Å². The van der Waals surface area contributed by atoms with Gasteiger partial charge in [0.15, 0.2) is 12.4 Å². The summed E-state index contributed by atoms with van der Waals surface area (Å²) in [6, 6.07) is 8.65. The van der Waals surface area contributed by atoms with Crippen LogP contribution in [0.25, 0.3) is 0 Å². The van der Waals surface area contributed by atoms with Gasteiger partial charge in [0, 0.05) is 16.7 Å². The number of nitro groups is 1. The zero-order chi connectivity index (χ0) is 15.4. The van der Waals surface area contributed by atoms with Gasteiger partial charge in [0.2, 0.25) is 0 Å². The average molecular weight is 326 g/mol. The van der Waals surface area contributed by atoms with Gasteiger partial charge in [0.25, 0.3) is 0 Å². The number of Topliss-reactive ketones (excluding diaryl/α,β-unsaturated/α-hetero) is 1. The topological polar surface area (TPSA) is 86.5 Å². The summed E-state index contributed by atoms with van der Waals surface area (Å²) in [6.45, 7) is -0.438. The van der Waals surface area contributed by atoms with Crippen molar-refractivity contribution in [1.29, 1.82) is 0 Å². The highest BCUT2D eigenvalue weighted by atomic mass is 35.5. The second kappa shape index (κ2) is 6.47. The first-order chi connectivity index (χ1) is 9.97. The van der Waals surface area contributed by atoms with E-state index in [1.165, 1.54) is 24.3 Å². The summed E-state index contributed by atoms with van der Waals surface area (Å²) in [5.74, 6) is -1.15. The smallest absolute Gasteiger partial charge is 0.349 e. The lowest BCUT2D eigenvalue weighted by Crippen LogP contribution is -2.13. The SMILES string of the molecule is O=C(COC(=O)c1ccc([N+](=O)[O-])s1)c1ccc(Cl)cc1. The van der Waals surface area contributed by atoms with Gasteiger partial charge in [-0.05, 0) is 30.3 Å². The lowest BCUT2D eigenvalue weighted by atomic mass is 10.1. The number of carbonyl (C=O) groups excluding carboxylic acids is 2. The highest BCUT2D eigenvalue weighted by molar-refractivity contribution is 7.17. The van der Waals surface area contributed by atoms with E-state index in [0.717, 1.165) is 0 Å². The molecule has 0 amide bonds. The molecule has 0 unspecified atom stereocenters. The molecule has 0 atom stereocenters. The summed E-state index contributed by atoms with van der Waals surface area (Å²) in [7, 11) is 0. The monoisotopic (exact) mass is 325 g/mol. The first kappa shape index (κ1) is 15.1. The number of ether oxygens (including phenoxy) is 1. The summed E-state index contributed by atoms with van der Waals surface area (Å²) in [6.07, 6.45) is 0. The zero-order valence-corrected chi connectivity index (χ0v) is 12.0. The Hall–Kier alpha value is -2.25. The summed E-state index contributed by atoms with van der Waals surface area (Å²) in [5, 5.41) is 10.8. The van der Waals surface area contributed by atoms with E-state index in [0.29, 0.717) is 21.9 Å². The minimum atomic E-state index is -0.768. The normalized spacial score (nSPS) is 10.1. The number of ketones is 1. The molecule has 0 fully saturated rings. The maximum Gasteiger partial charge on any atom is 0.349 e. The van der Waals surface area contributed by atoms with Crippen molar-refractivity contribution in [3.05, 3.63) is 62.0 Å². The third-order valence-electron chi connectivity index (χ3n) is 2.47. The van der Waals surface area contributed by atoms with E-state index >= 15 is 0 Å². The lowest BCUT2D eigenvalue weighted by molar-refractivity contribution is -0.380. The van der Waals surface area contributed by atoms with Gasteiger partial charge in [-0.2, -0.15) is 0 Å². The average Bonchev–Trinajstić information content (AvgIpc) is 2.95. The van der Waals surface area contributed by atoms with Crippen LogP contribution < -0.4 is 0 Å². The van der Waals surface area contributed by atoms with Gasteiger partial charge >= 0.3 is 11.0 Å². The van der Waals surface area contributed by atoms with Crippen LogP contribution in [-0.4, -0.2) is 23.3 Å². The minimum absolute atomic E-state index is 0.0746. The molecule has 0 saturated heterocycles. The van der Waals surface area contributed by atoms with Gasteiger partial charge < -0.3 is 4.74 Å². The molecule has 8 heteroatoms. The number of carbonyl (C=O) groups is 2. The van der Waals surface area contributed by atoms with Crippen LogP contribution in [0.15, 0.2) is 36.4 Å². The molecule has 2 rings (SSSR count). The van der Waals surface area contributed by atoms with Crippen molar-refractivity contribution in [1.82, 2.24) is 0 Å². The number of hydrogen-bond donors (Lipinski definition) is 0. The summed E-state index contributed by atoms with van der Waals surface area (Å²) >= 11 is 6.40. The molecular formula is C13H8ClNO5S. The number of thiophene rings is 1. The van der Waals surface area contributed by atoms with Crippen LogP contribution >= 0.6 is 22.9 Å². The van der Waals surface area contributed by atoms with Crippen LogP contribution in [0, 0.1) is 10.1 Å². The van der Waals surface area contributed by atoms with Crippen LogP contribution in [0.4, 0.5) is 5.00 Å². The van der Waals surface area contributed by atoms with Crippen molar-refractivity contribution in [2.75, 3.05) is 6.61 Å². The van der Waals surface area contributed by atoms with Gasteiger partial charge in [-0.15, -0.1) is 0 Å². The van der Waals surface area contributed by atoms with E-state index in [1.54, 1.807) is 12.1 Å². The van der Waals surface area contributed by atoms with Crippen molar-refractivity contribution in [3.63, 3.8) is 0 Å². The second-order valence-electron chi connectivity index (χ2n) is 3.90. The van der Waals surface area contributed by atoms with Crippen LogP contribution in [0.2, 0.25) is 5.02 Å². The number of hydrogen-bond acceptors (Lipinski definition) is 6. The third-order valence-corrected chi connectivity index (χ3v) is 3.74. The third kappa shape index (κ3) is 3.87. The van der Waals surface area contributed by atoms with E-state index in [-0.39, 0.29) is 15.7 Å². The van der Waals surface area contributed by atoms with E-state index < -0.39 is 17.5 Å². The van der Waals surface area contributed by atoms with Crippen molar-refractivity contribution < 1.29 is 19.2 Å². The number of halogens is 1. The van der Waals surface area contributed by atoms with Crippen LogP contribution in [-0.2, 0) is 4.74 Å². The standard InChI is InChI=1S/C13H8ClNO5S/c14-9-3-1-8(2-4-9)10(16)7-20-13(17)11-5-6-12(21-11)15(18)19/h1-6H,7H2. The van der Waals surface area contributed by atoms with E-state index in [9.17, 15) is 19.7 Å². The van der Waals surface area contributed by atoms with Gasteiger partial charge in [-0.3, -0.25) is 14.9 Å². The maximum atomic E-state index is 11.8. The minimum Gasteiger partial charge on any atom is -0.453 e. The molecule has 2 aromatic rings. The van der Waals surface area contributed by atoms with Crippen molar-refractivity contribution >= 4 is 39.7 Å². The predicted octanol–water partition coefficient (Wildman–Crippen LogP) is 3.35. The molecule has 0 N–H and O–H groups in total. The Bertz CT molecular complexity index is 695. The van der Waals surface area contributed by atoms with Crippen LogP contribution in [0.3, 0.4) is 0 Å². The number of rotatable bonds is 5. The fourth-order valence-corrected chi connectivity index (χ4v) is 2.30. The molecule has 21 heavy (non-hydrogen) atoms. The number of esters is 1. The first-order valence-electron chi connectivity index (χ1n) is 5.67. The zero-order valence-electron chi connectivity index (χ0n) is 10.4. The molecule has 6 nitrogen and oxygen atoms in total. The van der Waals surface area contributed by atoms with Gasteiger partial charge in [-0.1, -0.05) is 22.9 Å². The Morgan fingerprint density at radius 3 is 2.43 bits per heavy atom.